The van der Waals surface area contributed by atoms with Crippen molar-refractivity contribution >= 4 is 23.8 Å². The van der Waals surface area contributed by atoms with E-state index in [0.29, 0.717) is 25.4 Å². The standard InChI is InChI=1S/C11H20N2O4S/c1-3-17-8(2)6-12-11(16)13-4-5-18-7-9(13)10(14)15/h8-9H,3-7H2,1-2H3,(H,12,16)(H,14,15). The highest BCUT2D eigenvalue weighted by molar-refractivity contribution is 7.99. The Morgan fingerprint density at radius 2 is 2.33 bits per heavy atom. The number of nitrogens with zero attached hydrogens (tertiary/aromatic N) is 1. The number of carboxylic acids is 1. The molecule has 1 heterocycles. The van der Waals surface area contributed by atoms with Crippen molar-refractivity contribution in [2.75, 3.05) is 31.2 Å². The SMILES string of the molecule is CCOC(C)CNC(=O)N1CCSCC1C(=O)O. The van der Waals surface area contributed by atoms with E-state index < -0.39 is 12.0 Å². The van der Waals surface area contributed by atoms with Crippen molar-refractivity contribution < 1.29 is 19.4 Å². The summed E-state index contributed by atoms with van der Waals surface area (Å²) in [5.74, 6) is 0.275. The van der Waals surface area contributed by atoms with Crippen molar-refractivity contribution in [2.45, 2.75) is 26.0 Å². The molecular weight excluding hydrogens is 256 g/mol. The fourth-order valence-corrected chi connectivity index (χ4v) is 2.77. The first-order valence-corrected chi connectivity index (χ1v) is 7.18. The van der Waals surface area contributed by atoms with Crippen molar-refractivity contribution in [3.8, 4) is 0 Å². The smallest absolute Gasteiger partial charge is 0.327 e. The van der Waals surface area contributed by atoms with Gasteiger partial charge < -0.3 is 20.1 Å². The number of thioether (sulfide) groups is 1. The molecule has 6 nitrogen and oxygen atoms in total. The monoisotopic (exact) mass is 276 g/mol. The summed E-state index contributed by atoms with van der Waals surface area (Å²) in [6.45, 7) is 5.21. The number of aliphatic carboxylic acids is 1. The fourth-order valence-electron chi connectivity index (χ4n) is 1.73. The molecule has 0 bridgehead atoms. The number of urea groups is 1. The van der Waals surface area contributed by atoms with Gasteiger partial charge in [0.2, 0.25) is 0 Å². The van der Waals surface area contributed by atoms with Crippen molar-refractivity contribution in [2.24, 2.45) is 0 Å². The van der Waals surface area contributed by atoms with Gasteiger partial charge in [0.25, 0.3) is 0 Å². The molecule has 1 fully saturated rings. The van der Waals surface area contributed by atoms with Gasteiger partial charge in [0.15, 0.2) is 0 Å². The average Bonchev–Trinajstić information content (AvgIpc) is 2.36. The summed E-state index contributed by atoms with van der Waals surface area (Å²) < 4.78 is 5.30. The van der Waals surface area contributed by atoms with E-state index in [0.717, 1.165) is 5.75 Å². The number of carbonyl (C=O) groups excluding carboxylic acids is 1. The molecule has 0 radical (unpaired) electrons. The number of hydrogen-bond acceptors (Lipinski definition) is 4. The van der Waals surface area contributed by atoms with E-state index in [-0.39, 0.29) is 12.1 Å². The Bertz CT molecular complexity index is 301. The van der Waals surface area contributed by atoms with Gasteiger partial charge in [-0.1, -0.05) is 0 Å². The molecule has 2 unspecified atom stereocenters. The quantitative estimate of drug-likeness (QED) is 0.769. The molecule has 2 atom stereocenters. The topological polar surface area (TPSA) is 78.9 Å². The number of nitrogens with one attached hydrogen (secondary N) is 1. The summed E-state index contributed by atoms with van der Waals surface area (Å²) in [5.41, 5.74) is 0. The summed E-state index contributed by atoms with van der Waals surface area (Å²) in [6, 6.07) is -1.06. The second-order valence-corrected chi connectivity index (χ2v) is 5.22. The van der Waals surface area contributed by atoms with E-state index in [1.165, 1.54) is 4.90 Å². The number of carbonyl (C=O) groups is 2. The highest BCUT2D eigenvalue weighted by Crippen LogP contribution is 2.16. The minimum Gasteiger partial charge on any atom is -0.480 e. The van der Waals surface area contributed by atoms with Gasteiger partial charge >= 0.3 is 12.0 Å². The van der Waals surface area contributed by atoms with Crippen LogP contribution in [-0.4, -0.2) is 65.4 Å². The van der Waals surface area contributed by atoms with Crippen LogP contribution < -0.4 is 5.32 Å². The van der Waals surface area contributed by atoms with Gasteiger partial charge in [0.1, 0.15) is 6.04 Å². The zero-order valence-corrected chi connectivity index (χ0v) is 11.5. The lowest BCUT2D eigenvalue weighted by Gasteiger charge is -2.32. The first-order chi connectivity index (χ1) is 8.56. The minimum atomic E-state index is -0.949. The number of amides is 2. The highest BCUT2D eigenvalue weighted by atomic mass is 32.2. The molecule has 1 aliphatic heterocycles. The van der Waals surface area contributed by atoms with E-state index >= 15 is 0 Å². The Labute approximate surface area is 111 Å². The molecule has 2 N–H and O–H groups in total. The zero-order chi connectivity index (χ0) is 13.5. The summed E-state index contributed by atoms with van der Waals surface area (Å²) in [7, 11) is 0. The summed E-state index contributed by atoms with van der Waals surface area (Å²) in [6.07, 6.45) is -0.0682. The molecule has 0 saturated carbocycles. The molecule has 7 heteroatoms. The molecule has 1 aliphatic rings. The van der Waals surface area contributed by atoms with Crippen LogP contribution in [0.5, 0.6) is 0 Å². The Balaban J connectivity index is 2.45. The number of hydrogen-bond donors (Lipinski definition) is 2. The zero-order valence-electron chi connectivity index (χ0n) is 10.7. The third-order valence-electron chi connectivity index (χ3n) is 2.67. The van der Waals surface area contributed by atoms with Gasteiger partial charge in [-0.3, -0.25) is 0 Å². The van der Waals surface area contributed by atoms with Gasteiger partial charge in [-0.05, 0) is 13.8 Å². The first kappa shape index (κ1) is 15.1. The van der Waals surface area contributed by atoms with Crippen LogP contribution in [-0.2, 0) is 9.53 Å². The minimum absolute atomic E-state index is 0.0682. The molecule has 0 aromatic rings. The molecule has 1 saturated heterocycles. The van der Waals surface area contributed by atoms with Gasteiger partial charge in [0.05, 0.1) is 6.10 Å². The Hall–Kier alpha value is -0.950. The third kappa shape index (κ3) is 4.38. The molecule has 2 amide bonds. The van der Waals surface area contributed by atoms with E-state index in [4.69, 9.17) is 9.84 Å². The van der Waals surface area contributed by atoms with Crippen molar-refractivity contribution in [1.29, 1.82) is 0 Å². The number of ether oxygens (including phenoxy) is 1. The number of carboxylic acid groups (broad SMARTS) is 1. The van der Waals surface area contributed by atoms with Gasteiger partial charge in [-0.2, -0.15) is 11.8 Å². The lowest BCUT2D eigenvalue weighted by Crippen LogP contribution is -2.54. The van der Waals surface area contributed by atoms with Crippen LogP contribution in [0.4, 0.5) is 4.79 Å². The van der Waals surface area contributed by atoms with Crippen LogP contribution in [0.25, 0.3) is 0 Å². The maximum Gasteiger partial charge on any atom is 0.327 e. The molecule has 0 aromatic carbocycles. The Morgan fingerprint density at radius 1 is 1.61 bits per heavy atom. The first-order valence-electron chi connectivity index (χ1n) is 6.02. The van der Waals surface area contributed by atoms with Crippen LogP contribution in [0.15, 0.2) is 0 Å². The Kier molecular flexibility index (Phi) is 6.28. The summed E-state index contributed by atoms with van der Waals surface area (Å²) in [5, 5.41) is 11.8. The normalized spacial score (nSPS) is 21.4. The molecule has 104 valence electrons. The fraction of sp³-hybridized carbons (Fsp3) is 0.818. The van der Waals surface area contributed by atoms with Crippen molar-refractivity contribution in [1.82, 2.24) is 10.2 Å². The lowest BCUT2D eigenvalue weighted by atomic mass is 10.3. The van der Waals surface area contributed by atoms with E-state index in [9.17, 15) is 9.59 Å². The molecular formula is C11H20N2O4S. The van der Waals surface area contributed by atoms with Crippen LogP contribution in [0, 0.1) is 0 Å². The Morgan fingerprint density at radius 3 is 2.94 bits per heavy atom. The maximum absolute atomic E-state index is 11.9. The van der Waals surface area contributed by atoms with Gasteiger partial charge in [-0.25, -0.2) is 9.59 Å². The molecule has 0 aliphatic carbocycles. The molecule has 18 heavy (non-hydrogen) atoms. The van der Waals surface area contributed by atoms with Crippen molar-refractivity contribution in [3.63, 3.8) is 0 Å². The van der Waals surface area contributed by atoms with Gasteiger partial charge in [-0.15, -0.1) is 0 Å². The lowest BCUT2D eigenvalue weighted by molar-refractivity contribution is -0.141. The van der Waals surface area contributed by atoms with Crippen LogP contribution in [0.1, 0.15) is 13.8 Å². The van der Waals surface area contributed by atoms with Crippen LogP contribution in [0.3, 0.4) is 0 Å². The second kappa shape index (κ2) is 7.48. The summed E-state index contributed by atoms with van der Waals surface area (Å²) >= 11 is 1.56. The predicted molar refractivity (Wildman–Crippen MR) is 69.9 cm³/mol. The van der Waals surface area contributed by atoms with Crippen molar-refractivity contribution in [3.05, 3.63) is 0 Å². The van der Waals surface area contributed by atoms with E-state index in [2.05, 4.69) is 5.32 Å². The van der Waals surface area contributed by atoms with Crippen LogP contribution in [0.2, 0.25) is 0 Å². The van der Waals surface area contributed by atoms with Crippen LogP contribution >= 0.6 is 11.8 Å². The second-order valence-electron chi connectivity index (χ2n) is 4.07. The molecule has 1 rings (SSSR count). The maximum atomic E-state index is 11.9. The average molecular weight is 276 g/mol. The largest absolute Gasteiger partial charge is 0.480 e. The van der Waals surface area contributed by atoms with Gasteiger partial charge in [0, 0.05) is 31.2 Å². The highest BCUT2D eigenvalue weighted by Gasteiger charge is 2.32. The van der Waals surface area contributed by atoms with E-state index in [1.807, 2.05) is 13.8 Å². The third-order valence-corrected chi connectivity index (χ3v) is 3.69. The predicted octanol–water partition coefficient (Wildman–Crippen LogP) is 0.623. The summed E-state index contributed by atoms with van der Waals surface area (Å²) in [4.78, 5) is 24.3. The molecule has 0 aromatic heterocycles. The van der Waals surface area contributed by atoms with E-state index in [1.54, 1.807) is 11.8 Å². The number of rotatable bonds is 5. The molecule has 0 spiro atoms.